The molecule has 1 saturated heterocycles. The average molecular weight is 414 g/mol. The molecule has 0 atom stereocenters. The van der Waals surface area contributed by atoms with E-state index in [1.807, 2.05) is 18.2 Å². The number of furan rings is 1. The maximum absolute atomic E-state index is 14.9. The molecular formula is C27H23FO3. The van der Waals surface area contributed by atoms with Crippen LogP contribution in [0.3, 0.4) is 0 Å². The molecule has 0 unspecified atom stereocenters. The number of rotatable bonds is 4. The Morgan fingerprint density at radius 2 is 1.61 bits per heavy atom. The van der Waals surface area contributed by atoms with Crippen molar-refractivity contribution in [3.63, 3.8) is 0 Å². The van der Waals surface area contributed by atoms with Crippen LogP contribution < -0.4 is 0 Å². The van der Waals surface area contributed by atoms with E-state index < -0.39 is 6.29 Å². The molecule has 3 nitrogen and oxygen atoms in total. The van der Waals surface area contributed by atoms with Crippen molar-refractivity contribution in [3.05, 3.63) is 95.3 Å². The van der Waals surface area contributed by atoms with Crippen LogP contribution in [-0.4, -0.2) is 13.2 Å². The van der Waals surface area contributed by atoms with Gasteiger partial charge in [-0.15, -0.1) is 0 Å². The lowest BCUT2D eigenvalue weighted by Crippen LogP contribution is -2.17. The molecule has 2 aliphatic rings. The van der Waals surface area contributed by atoms with Gasteiger partial charge in [0.1, 0.15) is 17.2 Å². The Morgan fingerprint density at radius 3 is 2.35 bits per heavy atom. The molecule has 2 heterocycles. The summed E-state index contributed by atoms with van der Waals surface area (Å²) in [5.74, 6) is 0.198. The monoisotopic (exact) mass is 414 g/mol. The zero-order valence-corrected chi connectivity index (χ0v) is 17.1. The fourth-order valence-electron chi connectivity index (χ4n) is 4.66. The first kappa shape index (κ1) is 18.8. The first-order valence-electron chi connectivity index (χ1n) is 10.9. The lowest BCUT2D eigenvalue weighted by molar-refractivity contribution is -0.183. The van der Waals surface area contributed by atoms with E-state index in [1.54, 1.807) is 6.07 Å². The normalized spacial score (nSPS) is 18.4. The summed E-state index contributed by atoms with van der Waals surface area (Å²) >= 11 is 0. The molecule has 0 spiro atoms. The number of ether oxygens (including phenoxy) is 2. The summed E-state index contributed by atoms with van der Waals surface area (Å²) < 4.78 is 32.1. The predicted octanol–water partition coefficient (Wildman–Crippen LogP) is 6.75. The smallest absolute Gasteiger partial charge is 0.183 e. The van der Waals surface area contributed by atoms with Gasteiger partial charge in [-0.05, 0) is 60.7 Å². The first-order valence-corrected chi connectivity index (χ1v) is 10.9. The Balaban J connectivity index is 1.33. The van der Waals surface area contributed by atoms with E-state index in [2.05, 4.69) is 42.5 Å². The lowest BCUT2D eigenvalue weighted by Gasteiger charge is -2.23. The molecule has 0 N–H and O–H groups in total. The van der Waals surface area contributed by atoms with Gasteiger partial charge in [0.05, 0.1) is 18.8 Å². The van der Waals surface area contributed by atoms with Gasteiger partial charge in [0.15, 0.2) is 6.29 Å². The second-order valence-electron chi connectivity index (χ2n) is 8.48. The number of hydrogen-bond acceptors (Lipinski definition) is 3. The minimum atomic E-state index is -0.497. The number of fused-ring (bicyclic) bond motifs is 1. The molecule has 1 aliphatic heterocycles. The van der Waals surface area contributed by atoms with Gasteiger partial charge in [-0.25, -0.2) is 4.39 Å². The Labute approximate surface area is 180 Å². The van der Waals surface area contributed by atoms with Crippen molar-refractivity contribution in [1.29, 1.82) is 0 Å². The molecule has 31 heavy (non-hydrogen) atoms. The van der Waals surface area contributed by atoms with Crippen molar-refractivity contribution in [2.45, 2.75) is 31.0 Å². The molecule has 6 rings (SSSR count). The van der Waals surface area contributed by atoms with Crippen LogP contribution >= 0.6 is 0 Å². The molecule has 4 heteroatoms. The lowest BCUT2D eigenvalue weighted by atomic mass is 9.87. The van der Waals surface area contributed by atoms with Crippen LogP contribution in [0.5, 0.6) is 0 Å². The quantitative estimate of drug-likeness (QED) is 0.370. The topological polar surface area (TPSA) is 31.6 Å². The van der Waals surface area contributed by atoms with Gasteiger partial charge in [0.2, 0.25) is 0 Å². The number of halogens is 1. The largest absolute Gasteiger partial charge is 0.456 e. The standard InChI is InChI=1S/C27H23FO3/c28-23-16-18(26-29-13-4-14-30-26)7-9-22(23)25-17-19-15-21(8-10-24(19)31-25)27(11-12-27)20-5-2-1-3-6-20/h1-3,5-10,15-17,26H,4,11-14H2. The van der Waals surface area contributed by atoms with Crippen LogP contribution in [0.4, 0.5) is 4.39 Å². The third kappa shape index (κ3) is 3.27. The van der Waals surface area contributed by atoms with Crippen LogP contribution in [0, 0.1) is 5.82 Å². The average Bonchev–Trinajstić information content (AvgIpc) is 3.53. The van der Waals surface area contributed by atoms with E-state index in [0.29, 0.717) is 30.1 Å². The minimum Gasteiger partial charge on any atom is -0.456 e. The zero-order chi connectivity index (χ0) is 20.8. The summed E-state index contributed by atoms with van der Waals surface area (Å²) in [4.78, 5) is 0. The second kappa shape index (κ2) is 7.33. The van der Waals surface area contributed by atoms with Crippen LogP contribution in [0.25, 0.3) is 22.3 Å². The molecule has 0 radical (unpaired) electrons. The third-order valence-electron chi connectivity index (χ3n) is 6.50. The Bertz CT molecular complexity index is 1230. The summed E-state index contributed by atoms with van der Waals surface area (Å²) in [7, 11) is 0. The van der Waals surface area contributed by atoms with Gasteiger partial charge in [0, 0.05) is 16.4 Å². The highest BCUT2D eigenvalue weighted by molar-refractivity contribution is 5.84. The summed E-state index contributed by atoms with van der Waals surface area (Å²) in [5.41, 5.74) is 4.65. The van der Waals surface area contributed by atoms with Gasteiger partial charge in [-0.2, -0.15) is 0 Å². The summed E-state index contributed by atoms with van der Waals surface area (Å²) in [5, 5.41) is 0.997. The van der Waals surface area contributed by atoms with Crippen molar-refractivity contribution < 1.29 is 18.3 Å². The van der Waals surface area contributed by atoms with E-state index >= 15 is 0 Å². The number of hydrogen-bond donors (Lipinski definition) is 0. The molecule has 0 amide bonds. The van der Waals surface area contributed by atoms with E-state index in [1.165, 1.54) is 17.2 Å². The summed E-state index contributed by atoms with van der Waals surface area (Å²) in [6.07, 6.45) is 2.66. The maximum Gasteiger partial charge on any atom is 0.183 e. The van der Waals surface area contributed by atoms with E-state index in [-0.39, 0.29) is 11.2 Å². The Morgan fingerprint density at radius 1 is 0.806 bits per heavy atom. The van der Waals surface area contributed by atoms with Crippen molar-refractivity contribution >= 4 is 11.0 Å². The van der Waals surface area contributed by atoms with Crippen molar-refractivity contribution in [1.82, 2.24) is 0 Å². The van der Waals surface area contributed by atoms with E-state index in [9.17, 15) is 4.39 Å². The summed E-state index contributed by atoms with van der Waals surface area (Å²) in [6.45, 7) is 1.26. The van der Waals surface area contributed by atoms with Crippen LogP contribution in [-0.2, 0) is 14.9 Å². The van der Waals surface area contributed by atoms with E-state index in [0.717, 1.165) is 30.2 Å². The fourth-order valence-corrected chi connectivity index (χ4v) is 4.66. The summed E-state index contributed by atoms with van der Waals surface area (Å²) in [6, 6.07) is 24.0. The molecule has 1 aromatic heterocycles. The van der Waals surface area contributed by atoms with Crippen LogP contribution in [0.15, 0.2) is 77.2 Å². The SMILES string of the molecule is Fc1cc(C2OCCCO2)ccc1-c1cc2cc(C3(c4ccccc4)CC3)ccc2o1. The van der Waals surface area contributed by atoms with Gasteiger partial charge in [0.25, 0.3) is 0 Å². The zero-order valence-electron chi connectivity index (χ0n) is 17.1. The molecule has 1 saturated carbocycles. The van der Waals surface area contributed by atoms with Crippen molar-refractivity contribution in [3.8, 4) is 11.3 Å². The second-order valence-corrected chi connectivity index (χ2v) is 8.48. The van der Waals surface area contributed by atoms with Crippen LogP contribution in [0.1, 0.15) is 42.2 Å². The van der Waals surface area contributed by atoms with Crippen molar-refractivity contribution in [2.75, 3.05) is 13.2 Å². The Hall–Kier alpha value is -2.95. The van der Waals surface area contributed by atoms with Crippen molar-refractivity contribution in [2.24, 2.45) is 0 Å². The third-order valence-corrected chi connectivity index (χ3v) is 6.50. The Kier molecular flexibility index (Phi) is 4.44. The highest BCUT2D eigenvalue weighted by atomic mass is 19.1. The molecule has 0 bridgehead atoms. The van der Waals surface area contributed by atoms with Gasteiger partial charge in [-0.1, -0.05) is 42.5 Å². The molecule has 3 aromatic carbocycles. The minimum absolute atomic E-state index is 0.0970. The fraction of sp³-hybridized carbons (Fsp3) is 0.259. The molecule has 1 aliphatic carbocycles. The highest BCUT2D eigenvalue weighted by Gasteiger charge is 2.45. The molecular weight excluding hydrogens is 391 g/mol. The van der Waals surface area contributed by atoms with Gasteiger partial charge in [-0.3, -0.25) is 0 Å². The van der Waals surface area contributed by atoms with Crippen LogP contribution in [0.2, 0.25) is 0 Å². The van der Waals surface area contributed by atoms with E-state index in [4.69, 9.17) is 13.9 Å². The molecule has 2 fully saturated rings. The van der Waals surface area contributed by atoms with Gasteiger partial charge < -0.3 is 13.9 Å². The molecule has 4 aromatic rings. The molecule has 156 valence electrons. The van der Waals surface area contributed by atoms with Gasteiger partial charge >= 0.3 is 0 Å². The number of benzene rings is 3. The highest BCUT2D eigenvalue weighted by Crippen LogP contribution is 2.54. The maximum atomic E-state index is 14.9. The predicted molar refractivity (Wildman–Crippen MR) is 117 cm³/mol. The first-order chi connectivity index (χ1) is 15.2.